The Morgan fingerprint density at radius 2 is 1.95 bits per heavy atom. The largest absolute Gasteiger partial charge is 0.352 e. The molecule has 0 aliphatic heterocycles. The molecule has 1 saturated carbocycles. The SMILES string of the molecule is CC(Cc1ccc(F)cc1)NC(=O)CNC1CCCC1. The van der Waals surface area contributed by atoms with Crippen LogP contribution in [0.15, 0.2) is 24.3 Å². The highest BCUT2D eigenvalue weighted by molar-refractivity contribution is 5.78. The van der Waals surface area contributed by atoms with Gasteiger partial charge in [-0.2, -0.15) is 0 Å². The number of amides is 1. The Bertz CT molecular complexity index is 427. The molecule has 0 radical (unpaired) electrons. The van der Waals surface area contributed by atoms with E-state index in [0.717, 1.165) is 12.0 Å². The minimum Gasteiger partial charge on any atom is -0.352 e. The summed E-state index contributed by atoms with van der Waals surface area (Å²) in [5.74, 6) is -0.197. The Morgan fingerprint density at radius 3 is 2.60 bits per heavy atom. The van der Waals surface area contributed by atoms with Gasteiger partial charge in [-0.05, 0) is 43.9 Å². The van der Waals surface area contributed by atoms with E-state index in [1.807, 2.05) is 6.92 Å². The highest BCUT2D eigenvalue weighted by Crippen LogP contribution is 2.17. The summed E-state index contributed by atoms with van der Waals surface area (Å²) >= 11 is 0. The van der Waals surface area contributed by atoms with Crippen LogP contribution in [0.2, 0.25) is 0 Å². The van der Waals surface area contributed by atoms with Gasteiger partial charge in [0.15, 0.2) is 0 Å². The van der Waals surface area contributed by atoms with Gasteiger partial charge in [-0.1, -0.05) is 25.0 Å². The van der Waals surface area contributed by atoms with Gasteiger partial charge in [-0.25, -0.2) is 4.39 Å². The van der Waals surface area contributed by atoms with Gasteiger partial charge in [0.05, 0.1) is 6.54 Å². The smallest absolute Gasteiger partial charge is 0.234 e. The van der Waals surface area contributed by atoms with E-state index in [0.29, 0.717) is 12.6 Å². The molecule has 20 heavy (non-hydrogen) atoms. The molecule has 1 aromatic rings. The van der Waals surface area contributed by atoms with Crippen molar-refractivity contribution in [1.82, 2.24) is 10.6 Å². The van der Waals surface area contributed by atoms with Gasteiger partial charge in [0, 0.05) is 12.1 Å². The van der Waals surface area contributed by atoms with Crippen molar-refractivity contribution in [3.63, 3.8) is 0 Å². The average molecular weight is 278 g/mol. The number of halogens is 1. The Hall–Kier alpha value is -1.42. The minimum absolute atomic E-state index is 0.0338. The number of benzene rings is 1. The molecule has 1 aliphatic carbocycles. The Kier molecular flexibility index (Phi) is 5.53. The fourth-order valence-corrected chi connectivity index (χ4v) is 2.72. The molecule has 2 rings (SSSR count). The van der Waals surface area contributed by atoms with E-state index in [1.54, 1.807) is 12.1 Å². The van der Waals surface area contributed by atoms with Gasteiger partial charge in [0.25, 0.3) is 0 Å². The summed E-state index contributed by atoms with van der Waals surface area (Å²) in [6, 6.07) is 6.98. The number of hydrogen-bond donors (Lipinski definition) is 2. The van der Waals surface area contributed by atoms with Crippen LogP contribution in [0, 0.1) is 5.82 Å². The van der Waals surface area contributed by atoms with E-state index < -0.39 is 0 Å². The van der Waals surface area contributed by atoms with Crippen LogP contribution in [-0.4, -0.2) is 24.5 Å². The average Bonchev–Trinajstić information content (AvgIpc) is 2.92. The van der Waals surface area contributed by atoms with Gasteiger partial charge in [-0.15, -0.1) is 0 Å². The van der Waals surface area contributed by atoms with Crippen molar-refractivity contribution in [2.24, 2.45) is 0 Å². The molecule has 1 aliphatic rings. The van der Waals surface area contributed by atoms with Crippen LogP contribution in [0.1, 0.15) is 38.2 Å². The molecule has 0 aromatic heterocycles. The topological polar surface area (TPSA) is 41.1 Å². The zero-order valence-electron chi connectivity index (χ0n) is 12.0. The van der Waals surface area contributed by atoms with E-state index in [2.05, 4.69) is 10.6 Å². The molecule has 1 aromatic carbocycles. The van der Waals surface area contributed by atoms with Crippen LogP contribution >= 0.6 is 0 Å². The summed E-state index contributed by atoms with van der Waals surface area (Å²) in [7, 11) is 0. The zero-order chi connectivity index (χ0) is 14.4. The van der Waals surface area contributed by atoms with Crippen LogP contribution in [0.5, 0.6) is 0 Å². The van der Waals surface area contributed by atoms with Crippen LogP contribution < -0.4 is 10.6 Å². The lowest BCUT2D eigenvalue weighted by Gasteiger charge is -2.16. The van der Waals surface area contributed by atoms with Crippen molar-refractivity contribution in [2.45, 2.75) is 51.1 Å². The minimum atomic E-state index is -0.230. The van der Waals surface area contributed by atoms with Crippen LogP contribution in [0.3, 0.4) is 0 Å². The number of carbonyl (C=O) groups is 1. The van der Waals surface area contributed by atoms with Crippen molar-refractivity contribution < 1.29 is 9.18 Å². The zero-order valence-corrected chi connectivity index (χ0v) is 12.0. The molecule has 110 valence electrons. The summed E-state index contributed by atoms with van der Waals surface area (Å²) in [4.78, 5) is 11.8. The number of rotatable bonds is 6. The molecule has 1 unspecified atom stereocenters. The van der Waals surface area contributed by atoms with Crippen LogP contribution in [0.25, 0.3) is 0 Å². The maximum atomic E-state index is 12.8. The van der Waals surface area contributed by atoms with Crippen molar-refractivity contribution in [3.8, 4) is 0 Å². The van der Waals surface area contributed by atoms with Crippen LogP contribution in [-0.2, 0) is 11.2 Å². The Morgan fingerprint density at radius 1 is 1.30 bits per heavy atom. The predicted octanol–water partition coefficient (Wildman–Crippen LogP) is 2.41. The number of nitrogens with one attached hydrogen (secondary N) is 2. The Labute approximate surface area is 120 Å². The second kappa shape index (κ2) is 7.39. The van der Waals surface area contributed by atoms with E-state index in [1.165, 1.54) is 37.8 Å². The fourth-order valence-electron chi connectivity index (χ4n) is 2.72. The summed E-state index contributed by atoms with van der Waals surface area (Å²) in [6.45, 7) is 2.36. The summed E-state index contributed by atoms with van der Waals surface area (Å²) in [5, 5.41) is 6.27. The third-order valence-electron chi connectivity index (χ3n) is 3.77. The maximum absolute atomic E-state index is 12.8. The van der Waals surface area contributed by atoms with Crippen molar-refractivity contribution in [2.75, 3.05) is 6.54 Å². The molecule has 0 bridgehead atoms. The molecule has 1 atom stereocenters. The number of hydrogen-bond acceptors (Lipinski definition) is 2. The highest BCUT2D eigenvalue weighted by atomic mass is 19.1. The first-order chi connectivity index (χ1) is 9.63. The second-order valence-corrected chi connectivity index (χ2v) is 5.66. The summed E-state index contributed by atoms with van der Waals surface area (Å²) < 4.78 is 12.8. The van der Waals surface area contributed by atoms with E-state index in [9.17, 15) is 9.18 Å². The van der Waals surface area contributed by atoms with Crippen LogP contribution in [0.4, 0.5) is 4.39 Å². The highest BCUT2D eigenvalue weighted by Gasteiger charge is 2.15. The summed E-state index contributed by atoms with van der Waals surface area (Å²) in [6.07, 6.45) is 5.60. The lowest BCUT2D eigenvalue weighted by molar-refractivity contribution is -0.120. The third kappa shape index (κ3) is 4.93. The first-order valence-electron chi connectivity index (χ1n) is 7.40. The molecular formula is C16H23FN2O. The molecule has 0 heterocycles. The molecule has 2 N–H and O–H groups in total. The maximum Gasteiger partial charge on any atom is 0.234 e. The molecule has 4 heteroatoms. The molecule has 0 saturated heterocycles. The third-order valence-corrected chi connectivity index (χ3v) is 3.77. The molecule has 0 spiro atoms. The van der Waals surface area contributed by atoms with Gasteiger partial charge in [-0.3, -0.25) is 4.79 Å². The number of carbonyl (C=O) groups excluding carboxylic acids is 1. The van der Waals surface area contributed by atoms with Crippen molar-refractivity contribution in [1.29, 1.82) is 0 Å². The van der Waals surface area contributed by atoms with E-state index >= 15 is 0 Å². The fraction of sp³-hybridized carbons (Fsp3) is 0.562. The second-order valence-electron chi connectivity index (χ2n) is 5.66. The lowest BCUT2D eigenvalue weighted by atomic mass is 10.1. The normalized spacial score (nSPS) is 17.1. The standard InChI is InChI=1S/C16H23FN2O/c1-12(10-13-6-8-14(17)9-7-13)19-16(20)11-18-15-4-2-3-5-15/h6-9,12,15,18H,2-5,10-11H2,1H3,(H,19,20). The molecular weight excluding hydrogens is 255 g/mol. The van der Waals surface area contributed by atoms with Gasteiger partial charge < -0.3 is 10.6 Å². The lowest BCUT2D eigenvalue weighted by Crippen LogP contribution is -2.42. The van der Waals surface area contributed by atoms with Gasteiger partial charge in [0.2, 0.25) is 5.91 Å². The van der Waals surface area contributed by atoms with Gasteiger partial charge >= 0.3 is 0 Å². The molecule has 1 fully saturated rings. The summed E-state index contributed by atoms with van der Waals surface area (Å²) in [5.41, 5.74) is 1.03. The van der Waals surface area contributed by atoms with Gasteiger partial charge in [0.1, 0.15) is 5.82 Å². The predicted molar refractivity (Wildman–Crippen MR) is 78.0 cm³/mol. The van der Waals surface area contributed by atoms with Crippen molar-refractivity contribution in [3.05, 3.63) is 35.6 Å². The molecule has 1 amide bonds. The van der Waals surface area contributed by atoms with E-state index in [-0.39, 0.29) is 17.8 Å². The quantitative estimate of drug-likeness (QED) is 0.839. The molecule has 3 nitrogen and oxygen atoms in total. The first-order valence-corrected chi connectivity index (χ1v) is 7.40. The van der Waals surface area contributed by atoms with Crippen molar-refractivity contribution >= 4 is 5.91 Å². The van der Waals surface area contributed by atoms with E-state index in [4.69, 9.17) is 0 Å². The first kappa shape index (κ1) is 15.0. The Balaban J connectivity index is 1.68. The monoisotopic (exact) mass is 278 g/mol.